The van der Waals surface area contributed by atoms with Gasteiger partial charge in [-0.25, -0.2) is 9.18 Å². The summed E-state index contributed by atoms with van der Waals surface area (Å²) in [6.07, 6.45) is 0.869. The van der Waals surface area contributed by atoms with Gasteiger partial charge < -0.3 is 15.1 Å². The van der Waals surface area contributed by atoms with Crippen LogP contribution in [0.1, 0.15) is 38.1 Å². The minimum absolute atomic E-state index is 0.0177. The zero-order valence-electron chi connectivity index (χ0n) is 15.0. The van der Waals surface area contributed by atoms with Gasteiger partial charge in [-0.1, -0.05) is 25.1 Å². The molecule has 2 rings (SSSR count). The van der Waals surface area contributed by atoms with Gasteiger partial charge in [0, 0.05) is 31.2 Å². The summed E-state index contributed by atoms with van der Waals surface area (Å²) >= 11 is 1.43. The highest BCUT2D eigenvalue weighted by Gasteiger charge is 2.34. The standard InChI is InChI=1S/C18H26FN3O2S/c1-4-9-20-18(24)21(13(2)3)10-11-22-16(23)12-25-17(22)14-7-5-6-8-15(14)19/h5-8,13,17H,4,9-12H2,1-3H3,(H,20,24)/t17-/m1/s1. The lowest BCUT2D eigenvalue weighted by molar-refractivity contribution is -0.128. The van der Waals surface area contributed by atoms with Crippen molar-refractivity contribution < 1.29 is 14.0 Å². The fourth-order valence-electron chi connectivity index (χ4n) is 2.77. The third-order valence-electron chi connectivity index (χ3n) is 4.13. The van der Waals surface area contributed by atoms with Crippen LogP contribution >= 0.6 is 11.8 Å². The Morgan fingerprint density at radius 2 is 2.16 bits per heavy atom. The summed E-state index contributed by atoms with van der Waals surface area (Å²) in [4.78, 5) is 27.9. The van der Waals surface area contributed by atoms with E-state index < -0.39 is 0 Å². The number of hydrogen-bond donors (Lipinski definition) is 1. The number of amides is 3. The van der Waals surface area contributed by atoms with Crippen LogP contribution in [0, 0.1) is 5.82 Å². The first kappa shape index (κ1) is 19.6. The predicted molar refractivity (Wildman–Crippen MR) is 98.8 cm³/mol. The van der Waals surface area contributed by atoms with Crippen molar-refractivity contribution in [3.8, 4) is 0 Å². The molecule has 3 amide bonds. The van der Waals surface area contributed by atoms with Crippen LogP contribution in [0.25, 0.3) is 0 Å². The maximum atomic E-state index is 14.1. The van der Waals surface area contributed by atoms with Gasteiger partial charge in [0.25, 0.3) is 0 Å². The fourth-order valence-corrected chi connectivity index (χ4v) is 4.01. The maximum absolute atomic E-state index is 14.1. The van der Waals surface area contributed by atoms with Gasteiger partial charge in [0.15, 0.2) is 0 Å². The first-order chi connectivity index (χ1) is 12.0. The highest BCUT2D eigenvalue weighted by molar-refractivity contribution is 8.00. The molecule has 0 saturated carbocycles. The summed E-state index contributed by atoms with van der Waals surface area (Å²) < 4.78 is 14.1. The number of hydrogen-bond acceptors (Lipinski definition) is 3. The monoisotopic (exact) mass is 367 g/mol. The molecular weight excluding hydrogens is 341 g/mol. The van der Waals surface area contributed by atoms with Crippen LogP contribution in [0.2, 0.25) is 0 Å². The Hall–Kier alpha value is -1.76. The average Bonchev–Trinajstić information content (AvgIpc) is 2.94. The number of benzene rings is 1. The SMILES string of the molecule is CCCNC(=O)N(CCN1C(=O)CS[C@@H]1c1ccccc1F)C(C)C. The number of rotatable bonds is 7. The second-order valence-electron chi connectivity index (χ2n) is 6.29. The summed E-state index contributed by atoms with van der Waals surface area (Å²) in [6, 6.07) is 6.44. The molecule has 1 aromatic rings. The van der Waals surface area contributed by atoms with Crippen LogP contribution in [0.3, 0.4) is 0 Å². The van der Waals surface area contributed by atoms with Crippen molar-refractivity contribution in [2.75, 3.05) is 25.4 Å². The lowest BCUT2D eigenvalue weighted by Gasteiger charge is -2.31. The number of carbonyl (C=O) groups excluding carboxylic acids is 2. The molecule has 1 heterocycles. The van der Waals surface area contributed by atoms with E-state index in [0.717, 1.165) is 6.42 Å². The predicted octanol–water partition coefficient (Wildman–Crippen LogP) is 3.23. The Kier molecular flexibility index (Phi) is 7.11. The van der Waals surface area contributed by atoms with Gasteiger partial charge in [0.05, 0.1) is 5.75 Å². The van der Waals surface area contributed by atoms with Gasteiger partial charge in [0.1, 0.15) is 11.2 Å². The second-order valence-corrected chi connectivity index (χ2v) is 7.36. The summed E-state index contributed by atoms with van der Waals surface area (Å²) in [6.45, 7) is 7.32. The summed E-state index contributed by atoms with van der Waals surface area (Å²) in [5.74, 6) is 0.0138. The minimum atomic E-state index is -0.332. The van der Waals surface area contributed by atoms with Crippen molar-refractivity contribution in [2.24, 2.45) is 0 Å². The number of thioether (sulfide) groups is 1. The first-order valence-electron chi connectivity index (χ1n) is 8.65. The van der Waals surface area contributed by atoms with Crippen molar-refractivity contribution in [2.45, 2.75) is 38.6 Å². The lowest BCUT2D eigenvalue weighted by atomic mass is 10.2. The zero-order chi connectivity index (χ0) is 18.4. The van der Waals surface area contributed by atoms with E-state index in [1.807, 2.05) is 20.8 Å². The molecule has 1 aliphatic heterocycles. The third kappa shape index (κ3) is 4.87. The van der Waals surface area contributed by atoms with E-state index >= 15 is 0 Å². The van der Waals surface area contributed by atoms with Crippen molar-refractivity contribution in [1.82, 2.24) is 15.1 Å². The van der Waals surface area contributed by atoms with E-state index in [-0.39, 0.29) is 29.2 Å². The molecule has 5 nitrogen and oxygen atoms in total. The Morgan fingerprint density at radius 3 is 2.80 bits per heavy atom. The van der Waals surface area contributed by atoms with Crippen LogP contribution < -0.4 is 5.32 Å². The van der Waals surface area contributed by atoms with E-state index in [1.165, 1.54) is 17.8 Å². The molecule has 25 heavy (non-hydrogen) atoms. The molecule has 0 unspecified atom stereocenters. The Balaban J connectivity index is 2.06. The Bertz CT molecular complexity index is 612. The van der Waals surface area contributed by atoms with Crippen molar-refractivity contribution in [1.29, 1.82) is 0 Å². The van der Waals surface area contributed by atoms with E-state index in [1.54, 1.807) is 28.0 Å². The number of nitrogens with zero attached hydrogens (tertiary/aromatic N) is 2. The molecule has 0 bridgehead atoms. The topological polar surface area (TPSA) is 52.7 Å². The first-order valence-corrected chi connectivity index (χ1v) is 9.70. The highest BCUT2D eigenvalue weighted by atomic mass is 32.2. The normalized spacial score (nSPS) is 17.2. The molecule has 138 valence electrons. The largest absolute Gasteiger partial charge is 0.338 e. The Morgan fingerprint density at radius 1 is 1.44 bits per heavy atom. The van der Waals surface area contributed by atoms with E-state index in [9.17, 15) is 14.0 Å². The number of halogens is 1. The van der Waals surface area contributed by atoms with Crippen LogP contribution in [0.4, 0.5) is 9.18 Å². The maximum Gasteiger partial charge on any atom is 0.317 e. The zero-order valence-corrected chi connectivity index (χ0v) is 15.8. The van der Waals surface area contributed by atoms with Gasteiger partial charge in [0.2, 0.25) is 5.91 Å². The average molecular weight is 367 g/mol. The quantitative estimate of drug-likeness (QED) is 0.805. The number of urea groups is 1. The lowest BCUT2D eigenvalue weighted by Crippen LogP contribution is -2.48. The molecule has 0 radical (unpaired) electrons. The van der Waals surface area contributed by atoms with Crippen molar-refractivity contribution >= 4 is 23.7 Å². The number of carbonyl (C=O) groups is 2. The molecule has 0 aromatic heterocycles. The van der Waals surface area contributed by atoms with E-state index in [4.69, 9.17) is 0 Å². The molecule has 0 spiro atoms. The van der Waals surface area contributed by atoms with Crippen molar-refractivity contribution in [3.05, 3.63) is 35.6 Å². The van der Waals surface area contributed by atoms with Crippen molar-refractivity contribution in [3.63, 3.8) is 0 Å². The summed E-state index contributed by atoms with van der Waals surface area (Å²) in [5, 5.41) is 2.54. The highest BCUT2D eigenvalue weighted by Crippen LogP contribution is 2.39. The smallest absolute Gasteiger partial charge is 0.317 e. The fraction of sp³-hybridized carbons (Fsp3) is 0.556. The van der Waals surface area contributed by atoms with Gasteiger partial charge >= 0.3 is 6.03 Å². The van der Waals surface area contributed by atoms with Crippen LogP contribution in [0.15, 0.2) is 24.3 Å². The molecule has 1 N–H and O–H groups in total. The molecule has 0 aliphatic carbocycles. The van der Waals surface area contributed by atoms with E-state index in [2.05, 4.69) is 5.32 Å². The molecule has 1 fully saturated rings. The molecule has 1 aromatic carbocycles. The van der Waals surface area contributed by atoms with Crippen LogP contribution in [-0.2, 0) is 4.79 Å². The van der Waals surface area contributed by atoms with Gasteiger partial charge in [-0.2, -0.15) is 0 Å². The molecule has 1 atom stereocenters. The van der Waals surface area contributed by atoms with Crippen LogP contribution in [-0.4, -0.2) is 53.2 Å². The molecule has 1 aliphatic rings. The van der Waals surface area contributed by atoms with E-state index in [0.29, 0.717) is 31.0 Å². The number of nitrogens with one attached hydrogen (secondary N) is 1. The molecule has 7 heteroatoms. The molecule has 1 saturated heterocycles. The minimum Gasteiger partial charge on any atom is -0.338 e. The molecular formula is C18H26FN3O2S. The Labute approximate surface area is 152 Å². The van der Waals surface area contributed by atoms with Crippen LogP contribution in [0.5, 0.6) is 0 Å². The summed E-state index contributed by atoms with van der Waals surface area (Å²) in [5.41, 5.74) is 0.518. The van der Waals surface area contributed by atoms with Gasteiger partial charge in [-0.05, 0) is 26.3 Å². The third-order valence-corrected chi connectivity index (χ3v) is 5.37. The van der Waals surface area contributed by atoms with Gasteiger partial charge in [-0.15, -0.1) is 11.8 Å². The summed E-state index contributed by atoms with van der Waals surface area (Å²) in [7, 11) is 0. The van der Waals surface area contributed by atoms with Gasteiger partial charge in [-0.3, -0.25) is 4.79 Å². The second kappa shape index (κ2) is 9.08.